The number of para-hydroxylation sites is 2. The first-order chi connectivity index (χ1) is 26.3. The zero-order chi connectivity index (χ0) is 34.9. The Bertz CT molecular complexity index is 3050. The van der Waals surface area contributed by atoms with Gasteiger partial charge in [-0.25, -0.2) is 0 Å². The second-order valence-electron chi connectivity index (χ2n) is 13.8. The molecule has 0 fully saturated rings. The van der Waals surface area contributed by atoms with E-state index in [2.05, 4.69) is 214 Å². The van der Waals surface area contributed by atoms with E-state index in [0.29, 0.717) is 0 Å². The van der Waals surface area contributed by atoms with Gasteiger partial charge in [0.2, 0.25) is 0 Å². The first-order valence-electron chi connectivity index (χ1n) is 18.2. The molecule has 0 N–H and O–H groups in total. The summed E-state index contributed by atoms with van der Waals surface area (Å²) in [6, 6.07) is 70.5. The van der Waals surface area contributed by atoms with Gasteiger partial charge in [-0.3, -0.25) is 0 Å². The Morgan fingerprint density at radius 3 is 1.49 bits per heavy atom. The fourth-order valence-corrected chi connectivity index (χ4v) is 8.44. The Hall–Kier alpha value is -7.10. The third-order valence-electron chi connectivity index (χ3n) is 10.8. The molecule has 248 valence electrons. The zero-order valence-corrected chi connectivity index (χ0v) is 28.9. The van der Waals surface area contributed by atoms with Crippen molar-refractivity contribution in [2.75, 3.05) is 0 Å². The summed E-state index contributed by atoms with van der Waals surface area (Å²) in [6.45, 7) is 0. The molecule has 53 heavy (non-hydrogen) atoms. The van der Waals surface area contributed by atoms with Crippen molar-refractivity contribution in [2.24, 2.45) is 0 Å². The largest absolute Gasteiger partial charge is 0.315 e. The van der Waals surface area contributed by atoms with Crippen LogP contribution >= 0.6 is 0 Å². The zero-order valence-electron chi connectivity index (χ0n) is 28.9. The van der Waals surface area contributed by atoms with Gasteiger partial charge < -0.3 is 13.7 Å². The van der Waals surface area contributed by atoms with Crippen LogP contribution < -0.4 is 0 Å². The summed E-state index contributed by atoms with van der Waals surface area (Å²) >= 11 is 0. The van der Waals surface area contributed by atoms with Gasteiger partial charge in [0.05, 0.1) is 27.6 Å². The lowest BCUT2D eigenvalue weighted by atomic mass is 10.0. The maximum absolute atomic E-state index is 2.46. The Morgan fingerprint density at radius 2 is 0.830 bits per heavy atom. The van der Waals surface area contributed by atoms with Crippen LogP contribution in [-0.2, 0) is 0 Å². The van der Waals surface area contributed by atoms with Gasteiger partial charge in [0.25, 0.3) is 0 Å². The Morgan fingerprint density at radius 1 is 0.283 bits per heavy atom. The number of fused-ring (bicyclic) bond motifs is 8. The van der Waals surface area contributed by atoms with Crippen LogP contribution in [0.3, 0.4) is 0 Å². The molecule has 8 aromatic carbocycles. The standard InChI is InChI=1S/C50H33N3/c1-4-13-34(14-5-1)37-24-27-47-44(31-37)45-32-38(35-15-6-2-7-16-35)25-28-48(45)52(47)40-19-12-20-41(33-40)53-46-22-11-10-21-42(46)43-26-23-36-29-30-51(49(36)50(43)53)39-17-8-3-9-18-39/h1-33H. The van der Waals surface area contributed by atoms with Gasteiger partial charge in [-0.2, -0.15) is 0 Å². The molecule has 3 heterocycles. The van der Waals surface area contributed by atoms with Crippen molar-refractivity contribution in [1.29, 1.82) is 0 Å². The van der Waals surface area contributed by atoms with Crippen LogP contribution in [0.2, 0.25) is 0 Å². The predicted molar refractivity (Wildman–Crippen MR) is 223 cm³/mol. The highest BCUT2D eigenvalue weighted by Crippen LogP contribution is 2.40. The first-order valence-corrected chi connectivity index (χ1v) is 18.2. The van der Waals surface area contributed by atoms with E-state index >= 15 is 0 Å². The molecule has 0 aliphatic carbocycles. The molecule has 0 saturated carbocycles. The molecule has 0 aliphatic rings. The molecule has 0 atom stereocenters. The van der Waals surface area contributed by atoms with Crippen molar-refractivity contribution in [1.82, 2.24) is 13.7 Å². The van der Waals surface area contributed by atoms with E-state index in [4.69, 9.17) is 0 Å². The average Bonchev–Trinajstić information content (AvgIpc) is 3.92. The van der Waals surface area contributed by atoms with Crippen LogP contribution in [0.5, 0.6) is 0 Å². The smallest absolute Gasteiger partial charge is 0.0788 e. The van der Waals surface area contributed by atoms with Gasteiger partial charge in [-0.1, -0.05) is 127 Å². The van der Waals surface area contributed by atoms with Gasteiger partial charge in [-0.15, -0.1) is 0 Å². The topological polar surface area (TPSA) is 14.8 Å². The summed E-state index contributed by atoms with van der Waals surface area (Å²) in [7, 11) is 0. The van der Waals surface area contributed by atoms with Gasteiger partial charge >= 0.3 is 0 Å². The summed E-state index contributed by atoms with van der Waals surface area (Å²) in [6.07, 6.45) is 2.20. The van der Waals surface area contributed by atoms with Crippen molar-refractivity contribution in [3.05, 3.63) is 200 Å². The van der Waals surface area contributed by atoms with Gasteiger partial charge in [0.15, 0.2) is 0 Å². The van der Waals surface area contributed by atoms with Gasteiger partial charge in [0.1, 0.15) is 0 Å². The molecular formula is C50H33N3. The lowest BCUT2D eigenvalue weighted by Gasteiger charge is -2.14. The van der Waals surface area contributed by atoms with Crippen LogP contribution in [0.25, 0.3) is 93.8 Å². The minimum Gasteiger partial charge on any atom is -0.315 e. The molecule has 0 amide bonds. The minimum atomic E-state index is 1.12. The van der Waals surface area contributed by atoms with E-state index in [-0.39, 0.29) is 0 Å². The molecule has 0 spiro atoms. The van der Waals surface area contributed by atoms with Gasteiger partial charge in [0, 0.05) is 50.2 Å². The molecule has 3 aromatic heterocycles. The molecule has 11 rings (SSSR count). The van der Waals surface area contributed by atoms with E-state index in [1.165, 1.54) is 76.8 Å². The van der Waals surface area contributed by atoms with Crippen LogP contribution in [0.1, 0.15) is 0 Å². The maximum Gasteiger partial charge on any atom is 0.0788 e. The number of nitrogens with zero attached hydrogens (tertiary/aromatic N) is 3. The first kappa shape index (κ1) is 29.6. The SMILES string of the molecule is c1ccc(-c2ccc3c(c2)c2cc(-c4ccccc4)ccc2n3-c2cccc(-n3c4ccccc4c4ccc5ccn(-c6ccccc6)c5c43)c2)cc1. The lowest BCUT2D eigenvalue weighted by Crippen LogP contribution is -2.00. The summed E-state index contributed by atoms with van der Waals surface area (Å²) in [4.78, 5) is 0. The Balaban J connectivity index is 1.18. The number of rotatable bonds is 5. The number of hydrogen-bond acceptors (Lipinski definition) is 0. The van der Waals surface area contributed by atoms with E-state index in [9.17, 15) is 0 Å². The third-order valence-corrected chi connectivity index (χ3v) is 10.8. The van der Waals surface area contributed by atoms with Crippen LogP contribution in [0.4, 0.5) is 0 Å². The molecule has 3 nitrogen and oxygen atoms in total. The average molecular weight is 676 g/mol. The van der Waals surface area contributed by atoms with E-state index < -0.39 is 0 Å². The molecule has 0 bridgehead atoms. The summed E-state index contributed by atoms with van der Waals surface area (Å²) < 4.78 is 7.23. The second-order valence-corrected chi connectivity index (χ2v) is 13.8. The van der Waals surface area contributed by atoms with Crippen LogP contribution in [0, 0.1) is 0 Å². The van der Waals surface area contributed by atoms with Crippen LogP contribution in [-0.4, -0.2) is 13.7 Å². The highest BCUT2D eigenvalue weighted by Gasteiger charge is 2.20. The summed E-state index contributed by atoms with van der Waals surface area (Å²) in [5, 5.41) is 6.18. The van der Waals surface area contributed by atoms with Crippen molar-refractivity contribution in [3.63, 3.8) is 0 Å². The predicted octanol–water partition coefficient (Wildman–Crippen LogP) is 13.2. The normalized spacial score (nSPS) is 11.8. The van der Waals surface area contributed by atoms with E-state index in [1.807, 2.05) is 0 Å². The monoisotopic (exact) mass is 675 g/mol. The molecule has 3 heteroatoms. The van der Waals surface area contributed by atoms with Crippen molar-refractivity contribution >= 4 is 54.5 Å². The highest BCUT2D eigenvalue weighted by molar-refractivity contribution is 6.18. The quantitative estimate of drug-likeness (QED) is 0.172. The van der Waals surface area contributed by atoms with Gasteiger partial charge in [-0.05, 0) is 89.0 Å². The summed E-state index contributed by atoms with van der Waals surface area (Å²) in [5.41, 5.74) is 14.2. The fourth-order valence-electron chi connectivity index (χ4n) is 8.44. The highest BCUT2D eigenvalue weighted by atomic mass is 15.0. The van der Waals surface area contributed by atoms with Crippen molar-refractivity contribution in [2.45, 2.75) is 0 Å². The second kappa shape index (κ2) is 11.7. The molecular weight excluding hydrogens is 643 g/mol. The molecule has 0 aliphatic heterocycles. The molecule has 0 saturated heterocycles. The molecule has 0 radical (unpaired) electrons. The molecule has 0 unspecified atom stereocenters. The number of hydrogen-bond donors (Lipinski definition) is 0. The fraction of sp³-hybridized carbons (Fsp3) is 0. The Kier molecular flexibility index (Phi) is 6.55. The summed E-state index contributed by atoms with van der Waals surface area (Å²) in [5.74, 6) is 0. The number of aromatic nitrogens is 3. The van der Waals surface area contributed by atoms with Crippen molar-refractivity contribution < 1.29 is 0 Å². The lowest BCUT2D eigenvalue weighted by molar-refractivity contribution is 1.11. The van der Waals surface area contributed by atoms with Crippen molar-refractivity contribution in [3.8, 4) is 39.3 Å². The Labute approximate surface area is 306 Å². The van der Waals surface area contributed by atoms with E-state index in [1.54, 1.807) is 0 Å². The molecule has 11 aromatic rings. The van der Waals surface area contributed by atoms with E-state index in [0.717, 1.165) is 17.1 Å². The third kappa shape index (κ3) is 4.61. The van der Waals surface area contributed by atoms with Crippen LogP contribution in [0.15, 0.2) is 200 Å². The minimum absolute atomic E-state index is 1.12. The number of benzene rings is 8. The maximum atomic E-state index is 2.46.